The van der Waals surface area contributed by atoms with Crippen LogP contribution in [0.25, 0.3) is 11.1 Å². The summed E-state index contributed by atoms with van der Waals surface area (Å²) in [5, 5.41) is 18.3. The van der Waals surface area contributed by atoms with Crippen LogP contribution in [0.2, 0.25) is 0 Å². The van der Waals surface area contributed by atoms with Gasteiger partial charge in [-0.3, -0.25) is 4.98 Å². The van der Waals surface area contributed by atoms with Crippen molar-refractivity contribution in [3.05, 3.63) is 40.3 Å². The Morgan fingerprint density at radius 3 is 2.56 bits per heavy atom. The van der Waals surface area contributed by atoms with Crippen molar-refractivity contribution < 1.29 is 0 Å². The summed E-state index contributed by atoms with van der Waals surface area (Å²) in [6.45, 7) is 0. The lowest BCUT2D eigenvalue weighted by atomic mass is 9.98. The molecule has 18 heavy (non-hydrogen) atoms. The van der Waals surface area contributed by atoms with Gasteiger partial charge in [0.25, 0.3) is 0 Å². The summed E-state index contributed by atoms with van der Waals surface area (Å²) >= 11 is 5.05. The van der Waals surface area contributed by atoms with Gasteiger partial charge in [-0.25, -0.2) is 0 Å². The lowest BCUT2D eigenvalue weighted by Crippen LogP contribution is -2.01. The lowest BCUT2D eigenvalue weighted by molar-refractivity contribution is 1.25. The van der Waals surface area contributed by atoms with Crippen molar-refractivity contribution in [1.29, 1.82) is 10.5 Å². The molecule has 0 fully saturated rings. The first-order chi connectivity index (χ1) is 8.69. The van der Waals surface area contributed by atoms with Gasteiger partial charge in [0.1, 0.15) is 28.2 Å². The van der Waals surface area contributed by atoms with Crippen molar-refractivity contribution in [3.63, 3.8) is 0 Å². The number of rotatable bonds is 1. The van der Waals surface area contributed by atoms with E-state index in [1.165, 1.54) is 0 Å². The van der Waals surface area contributed by atoms with E-state index in [0.29, 0.717) is 11.1 Å². The van der Waals surface area contributed by atoms with Crippen molar-refractivity contribution >= 4 is 18.0 Å². The number of nitrogens with zero attached hydrogens (tertiary/aromatic N) is 3. The second-order valence-corrected chi connectivity index (χ2v) is 3.87. The molecule has 0 atom stereocenters. The number of hydrogen-bond acceptors (Lipinski definition) is 5. The Morgan fingerprint density at radius 1 is 1.28 bits per heavy atom. The molecule has 0 saturated carbocycles. The van der Waals surface area contributed by atoms with Gasteiger partial charge in [0.2, 0.25) is 0 Å². The average Bonchev–Trinajstić information content (AvgIpc) is 2.39. The van der Waals surface area contributed by atoms with Crippen molar-refractivity contribution in [1.82, 2.24) is 9.97 Å². The Hall–Kier alpha value is -2.70. The van der Waals surface area contributed by atoms with Crippen LogP contribution in [-0.2, 0) is 0 Å². The molecule has 86 valence electrons. The normalized spacial score (nSPS) is 9.44. The van der Waals surface area contributed by atoms with E-state index >= 15 is 0 Å². The van der Waals surface area contributed by atoms with Gasteiger partial charge in [-0.1, -0.05) is 18.3 Å². The summed E-state index contributed by atoms with van der Waals surface area (Å²) in [4.78, 5) is 6.61. The zero-order valence-corrected chi connectivity index (χ0v) is 9.95. The minimum atomic E-state index is 0.153. The summed E-state index contributed by atoms with van der Waals surface area (Å²) < 4.78 is 0.216. The maximum atomic E-state index is 9.16. The number of aromatic amines is 1. The molecule has 3 N–H and O–H groups in total. The summed E-state index contributed by atoms with van der Waals surface area (Å²) in [5.74, 6) is 0.153. The summed E-state index contributed by atoms with van der Waals surface area (Å²) in [5.41, 5.74) is 7.21. The molecule has 0 aromatic carbocycles. The van der Waals surface area contributed by atoms with E-state index in [-0.39, 0.29) is 21.6 Å². The Morgan fingerprint density at radius 2 is 2.00 bits per heavy atom. The zero-order chi connectivity index (χ0) is 13.1. The molecule has 2 heterocycles. The Kier molecular flexibility index (Phi) is 3.05. The second-order valence-electron chi connectivity index (χ2n) is 3.46. The smallest absolute Gasteiger partial charge is 0.123 e. The molecular formula is C12H7N5S. The van der Waals surface area contributed by atoms with Gasteiger partial charge < -0.3 is 10.7 Å². The molecule has 2 rings (SSSR count). The number of pyridine rings is 2. The number of nitrogens with one attached hydrogen (secondary N) is 1. The second kappa shape index (κ2) is 4.66. The third kappa shape index (κ3) is 1.81. The first-order valence-electron chi connectivity index (χ1n) is 4.95. The number of hydrogen-bond donors (Lipinski definition) is 2. The summed E-state index contributed by atoms with van der Waals surface area (Å²) in [6, 6.07) is 7.44. The topological polar surface area (TPSA) is 102 Å². The maximum absolute atomic E-state index is 9.16. The number of nitriles is 2. The van der Waals surface area contributed by atoms with Crippen LogP contribution < -0.4 is 5.73 Å². The molecule has 6 heteroatoms. The van der Waals surface area contributed by atoms with Gasteiger partial charge >= 0.3 is 0 Å². The number of nitrogen functional groups attached to an aromatic ring is 1. The van der Waals surface area contributed by atoms with Crippen LogP contribution in [0.1, 0.15) is 11.1 Å². The molecule has 5 nitrogen and oxygen atoms in total. The number of H-pyrrole nitrogens is 1. The Bertz CT molecular complexity index is 734. The Balaban J connectivity index is 2.94. The number of aromatic nitrogens is 2. The molecule has 2 aromatic rings. The van der Waals surface area contributed by atoms with Gasteiger partial charge in [0.05, 0.1) is 5.56 Å². The minimum absolute atomic E-state index is 0.153. The third-order valence-electron chi connectivity index (χ3n) is 2.42. The van der Waals surface area contributed by atoms with E-state index in [0.717, 1.165) is 0 Å². The minimum Gasteiger partial charge on any atom is -0.384 e. The van der Waals surface area contributed by atoms with Crippen LogP contribution in [0, 0.1) is 27.3 Å². The fraction of sp³-hybridized carbons (Fsp3) is 0. The van der Waals surface area contributed by atoms with Gasteiger partial charge in [-0.15, -0.1) is 0 Å². The van der Waals surface area contributed by atoms with Crippen LogP contribution in [0.5, 0.6) is 0 Å². The molecule has 0 radical (unpaired) electrons. The van der Waals surface area contributed by atoms with Crippen LogP contribution in [0.4, 0.5) is 5.82 Å². The van der Waals surface area contributed by atoms with Crippen molar-refractivity contribution in [2.45, 2.75) is 0 Å². The molecule has 0 bridgehead atoms. The molecule has 0 aliphatic carbocycles. The fourth-order valence-electron chi connectivity index (χ4n) is 1.64. The highest BCUT2D eigenvalue weighted by molar-refractivity contribution is 7.71. The number of nitrogens with two attached hydrogens (primary N) is 1. The molecule has 2 aromatic heterocycles. The van der Waals surface area contributed by atoms with Gasteiger partial charge in [0.15, 0.2) is 0 Å². The first kappa shape index (κ1) is 11.8. The SMILES string of the molecule is N#Cc1c(N)[nH]c(=S)c(C#N)c1-c1cccnc1. The highest BCUT2D eigenvalue weighted by Crippen LogP contribution is 2.29. The largest absolute Gasteiger partial charge is 0.384 e. The predicted molar refractivity (Wildman–Crippen MR) is 68.7 cm³/mol. The quantitative estimate of drug-likeness (QED) is 0.758. The van der Waals surface area contributed by atoms with E-state index in [1.807, 2.05) is 12.1 Å². The highest BCUT2D eigenvalue weighted by atomic mass is 32.1. The third-order valence-corrected chi connectivity index (χ3v) is 2.72. The van der Waals surface area contributed by atoms with Crippen molar-refractivity contribution in [3.8, 4) is 23.3 Å². The molecule has 0 unspecified atom stereocenters. The average molecular weight is 253 g/mol. The van der Waals surface area contributed by atoms with E-state index < -0.39 is 0 Å². The number of anilines is 1. The first-order valence-corrected chi connectivity index (χ1v) is 5.36. The molecule has 0 saturated heterocycles. The highest BCUT2D eigenvalue weighted by Gasteiger charge is 2.16. The summed E-state index contributed by atoms with van der Waals surface area (Å²) in [6.07, 6.45) is 3.17. The van der Waals surface area contributed by atoms with Crippen LogP contribution in [0.3, 0.4) is 0 Å². The van der Waals surface area contributed by atoms with Crippen LogP contribution in [-0.4, -0.2) is 9.97 Å². The Labute approximate surface area is 108 Å². The van der Waals surface area contributed by atoms with Crippen molar-refractivity contribution in [2.24, 2.45) is 0 Å². The van der Waals surface area contributed by atoms with Gasteiger partial charge in [0, 0.05) is 23.5 Å². The predicted octanol–water partition coefficient (Wildman–Crippen LogP) is 2.13. The van der Waals surface area contributed by atoms with E-state index in [2.05, 4.69) is 9.97 Å². The van der Waals surface area contributed by atoms with Gasteiger partial charge in [-0.05, 0) is 6.07 Å². The molecular weight excluding hydrogens is 246 g/mol. The lowest BCUT2D eigenvalue weighted by Gasteiger charge is -2.08. The molecule has 0 aliphatic rings. The van der Waals surface area contributed by atoms with Crippen LogP contribution in [0.15, 0.2) is 24.5 Å². The van der Waals surface area contributed by atoms with E-state index in [4.69, 9.17) is 28.5 Å². The molecule has 0 aliphatic heterocycles. The van der Waals surface area contributed by atoms with Gasteiger partial charge in [-0.2, -0.15) is 10.5 Å². The molecule has 0 amide bonds. The monoisotopic (exact) mass is 253 g/mol. The zero-order valence-electron chi connectivity index (χ0n) is 9.14. The summed E-state index contributed by atoms with van der Waals surface area (Å²) in [7, 11) is 0. The standard InChI is InChI=1S/C12H7N5S/c13-4-8-10(7-2-1-3-16-6-7)9(5-14)12(18)17-11(8)15/h1-3,6H,(H3,15,17,18). The van der Waals surface area contributed by atoms with Crippen molar-refractivity contribution in [2.75, 3.05) is 5.73 Å². The van der Waals surface area contributed by atoms with E-state index in [9.17, 15) is 0 Å². The van der Waals surface area contributed by atoms with E-state index in [1.54, 1.807) is 24.5 Å². The fourth-order valence-corrected chi connectivity index (χ4v) is 1.90. The maximum Gasteiger partial charge on any atom is 0.123 e. The molecule has 0 spiro atoms. The van der Waals surface area contributed by atoms with Crippen LogP contribution >= 0.6 is 12.2 Å².